The summed E-state index contributed by atoms with van der Waals surface area (Å²) in [4.78, 5) is 25.3. The topological polar surface area (TPSA) is 113 Å². The second-order valence-electron chi connectivity index (χ2n) is 9.88. The molecule has 2 N–H and O–H groups in total. The quantitative estimate of drug-likeness (QED) is 0.355. The third-order valence-corrected chi connectivity index (χ3v) is 9.39. The molecular weight excluding hydrogens is 559 g/mol. The summed E-state index contributed by atoms with van der Waals surface area (Å²) in [5.74, 6) is -4.07. The molecule has 0 saturated heterocycles. The van der Waals surface area contributed by atoms with Crippen LogP contribution < -0.4 is 5.32 Å². The Hall–Kier alpha value is -3.31. The van der Waals surface area contributed by atoms with E-state index in [9.17, 15) is 23.1 Å². The predicted octanol–water partition coefficient (Wildman–Crippen LogP) is 5.57. The number of anilines is 1. The second kappa shape index (κ2) is 11.7. The molecule has 0 fully saturated rings. The number of carboxylic acid groups (broad SMARTS) is 1. The molecule has 0 saturated carbocycles. The molecule has 1 aliphatic rings. The van der Waals surface area contributed by atoms with Crippen molar-refractivity contribution in [1.29, 1.82) is 0 Å². The smallest absolute Gasteiger partial charge is 0.322 e. The van der Waals surface area contributed by atoms with Gasteiger partial charge in [-0.05, 0) is 61.2 Å². The number of amides is 1. The van der Waals surface area contributed by atoms with Crippen LogP contribution in [0.5, 0.6) is 0 Å². The molecular formula is C29H30ClFN2O6S. The largest absolute Gasteiger partial charge is 0.480 e. The summed E-state index contributed by atoms with van der Waals surface area (Å²) in [6.07, 6.45) is -0.809. The normalized spacial score (nSPS) is 17.3. The molecule has 1 amide bonds. The maximum absolute atomic E-state index is 15.0. The fourth-order valence-corrected chi connectivity index (χ4v) is 7.30. The van der Waals surface area contributed by atoms with Crippen molar-refractivity contribution in [2.24, 2.45) is 0 Å². The van der Waals surface area contributed by atoms with Crippen LogP contribution in [0.1, 0.15) is 53.7 Å². The van der Waals surface area contributed by atoms with Gasteiger partial charge in [0.05, 0.1) is 24.9 Å². The average Bonchev–Trinajstić information content (AvgIpc) is 2.98. The van der Waals surface area contributed by atoms with Gasteiger partial charge in [-0.3, -0.25) is 9.59 Å². The van der Waals surface area contributed by atoms with E-state index in [1.807, 2.05) is 30.3 Å². The third-order valence-electron chi connectivity index (χ3n) is 7.23. The van der Waals surface area contributed by atoms with Crippen molar-refractivity contribution in [3.8, 4) is 0 Å². The number of aryl methyl sites for hydroxylation is 1. The number of nitrogens with one attached hydrogen (secondary N) is 1. The minimum atomic E-state index is -4.65. The van der Waals surface area contributed by atoms with Crippen LogP contribution in [0.4, 0.5) is 10.1 Å². The maximum atomic E-state index is 15.0. The lowest BCUT2D eigenvalue weighted by atomic mass is 9.87. The molecule has 3 aromatic carbocycles. The zero-order chi connectivity index (χ0) is 29.4. The van der Waals surface area contributed by atoms with Gasteiger partial charge in [0.2, 0.25) is 15.9 Å². The molecule has 0 aliphatic carbocycles. The molecule has 212 valence electrons. The summed E-state index contributed by atoms with van der Waals surface area (Å²) in [5, 5.41) is 13.0. The molecule has 8 nitrogen and oxygen atoms in total. The van der Waals surface area contributed by atoms with Crippen LogP contribution in [0.25, 0.3) is 0 Å². The Morgan fingerprint density at radius 2 is 1.82 bits per heavy atom. The number of nitrogens with zero attached hydrogens (tertiary/aromatic N) is 1. The Morgan fingerprint density at radius 1 is 1.15 bits per heavy atom. The van der Waals surface area contributed by atoms with Gasteiger partial charge in [0.15, 0.2) is 0 Å². The zero-order valence-corrected chi connectivity index (χ0v) is 24.0. The van der Waals surface area contributed by atoms with Crippen molar-refractivity contribution in [3.63, 3.8) is 0 Å². The first kappa shape index (κ1) is 29.7. The fourth-order valence-electron chi connectivity index (χ4n) is 5.07. The number of carbonyl (C=O) groups excluding carboxylic acids is 1. The van der Waals surface area contributed by atoms with Crippen LogP contribution in [0.15, 0.2) is 59.5 Å². The molecule has 1 aliphatic heterocycles. The van der Waals surface area contributed by atoms with Gasteiger partial charge in [-0.2, -0.15) is 4.31 Å². The van der Waals surface area contributed by atoms with E-state index in [2.05, 4.69) is 5.32 Å². The second-order valence-corrected chi connectivity index (χ2v) is 12.1. The van der Waals surface area contributed by atoms with Crippen LogP contribution in [-0.2, 0) is 31.0 Å². The van der Waals surface area contributed by atoms with Gasteiger partial charge >= 0.3 is 5.97 Å². The third kappa shape index (κ3) is 5.76. The van der Waals surface area contributed by atoms with Crippen LogP contribution in [0, 0.1) is 19.7 Å². The van der Waals surface area contributed by atoms with E-state index >= 15 is 4.39 Å². The Morgan fingerprint density at radius 3 is 2.48 bits per heavy atom. The zero-order valence-electron chi connectivity index (χ0n) is 22.4. The molecule has 0 spiro atoms. The first-order valence-electron chi connectivity index (χ1n) is 12.6. The number of carbonyl (C=O) groups is 2. The highest BCUT2D eigenvalue weighted by Crippen LogP contribution is 2.41. The monoisotopic (exact) mass is 588 g/mol. The van der Waals surface area contributed by atoms with E-state index < -0.39 is 52.3 Å². The van der Waals surface area contributed by atoms with Crippen LogP contribution in [-0.4, -0.2) is 42.3 Å². The molecule has 40 heavy (non-hydrogen) atoms. The van der Waals surface area contributed by atoms with Crippen molar-refractivity contribution in [3.05, 3.63) is 93.3 Å². The molecule has 11 heteroatoms. The highest BCUT2D eigenvalue weighted by atomic mass is 35.5. The van der Waals surface area contributed by atoms with Gasteiger partial charge in [0, 0.05) is 16.5 Å². The number of sulfonamides is 1. The minimum absolute atomic E-state index is 0.0726. The van der Waals surface area contributed by atoms with Gasteiger partial charge in [0.25, 0.3) is 0 Å². The van der Waals surface area contributed by atoms with E-state index in [0.29, 0.717) is 9.87 Å². The Balaban J connectivity index is 1.83. The Labute approximate surface area is 237 Å². The maximum Gasteiger partial charge on any atom is 0.322 e. The summed E-state index contributed by atoms with van der Waals surface area (Å²) < 4.78 is 50.2. The summed E-state index contributed by atoms with van der Waals surface area (Å²) in [7, 11) is -4.65. The van der Waals surface area contributed by atoms with Crippen molar-refractivity contribution < 1.29 is 32.2 Å². The molecule has 3 aromatic rings. The standard InChI is InChI=1S/C29H30ClFN2O6S/c1-16-10-11-23(31)26(17(16)2)18(3)27(29(35)36)33-14-25(34)32-24-13-21(30)12-22(28(24)40(33,37)38)19(4)39-15-20-8-6-5-7-9-20/h5-13,18-19,27H,14-15H2,1-4H3,(H,32,34)(H,35,36)/t18?,19?,27-/m0/s1. The highest BCUT2D eigenvalue weighted by Gasteiger charge is 2.46. The van der Waals surface area contributed by atoms with Gasteiger partial charge in [-0.1, -0.05) is 54.9 Å². The minimum Gasteiger partial charge on any atom is -0.480 e. The molecule has 2 unspecified atom stereocenters. The molecule has 0 bridgehead atoms. The van der Waals surface area contributed by atoms with Crippen LogP contribution in [0.2, 0.25) is 5.02 Å². The van der Waals surface area contributed by atoms with E-state index in [1.54, 1.807) is 26.8 Å². The predicted molar refractivity (Wildman–Crippen MR) is 149 cm³/mol. The van der Waals surface area contributed by atoms with Gasteiger partial charge in [-0.25, -0.2) is 12.8 Å². The van der Waals surface area contributed by atoms with Crippen LogP contribution in [0.3, 0.4) is 0 Å². The summed E-state index contributed by atoms with van der Waals surface area (Å²) in [6.45, 7) is 5.86. The summed E-state index contributed by atoms with van der Waals surface area (Å²) in [6, 6.07) is 13.0. The number of rotatable bonds is 8. The number of hydrogen-bond acceptors (Lipinski definition) is 5. The number of carboxylic acids is 1. The molecule has 1 heterocycles. The van der Waals surface area contributed by atoms with Crippen molar-refractivity contribution in [2.75, 3.05) is 11.9 Å². The fraction of sp³-hybridized carbons (Fsp3) is 0.310. The number of ether oxygens (including phenoxy) is 1. The number of aliphatic carboxylic acids is 1. The highest BCUT2D eigenvalue weighted by molar-refractivity contribution is 7.89. The van der Waals surface area contributed by atoms with E-state index in [1.165, 1.54) is 25.1 Å². The van der Waals surface area contributed by atoms with Crippen LogP contribution >= 0.6 is 11.6 Å². The summed E-state index contributed by atoms with van der Waals surface area (Å²) in [5.41, 5.74) is 2.22. The van der Waals surface area contributed by atoms with Gasteiger partial charge in [0.1, 0.15) is 16.8 Å². The van der Waals surface area contributed by atoms with Gasteiger partial charge in [-0.15, -0.1) is 0 Å². The molecule has 0 radical (unpaired) electrons. The van der Waals surface area contributed by atoms with E-state index in [-0.39, 0.29) is 33.3 Å². The number of hydrogen-bond donors (Lipinski definition) is 2. The van der Waals surface area contributed by atoms with Gasteiger partial charge < -0.3 is 15.2 Å². The SMILES string of the molecule is Cc1ccc(F)c(C(C)[C@@H](C(=O)O)N2CC(=O)Nc3cc(Cl)cc(C(C)OCc4ccccc4)c3S2(=O)=O)c1C. The number of halogens is 2. The van der Waals surface area contributed by atoms with Crippen molar-refractivity contribution in [2.45, 2.75) is 57.3 Å². The lowest BCUT2D eigenvalue weighted by molar-refractivity contribution is -0.142. The van der Waals surface area contributed by atoms with Crippen molar-refractivity contribution >= 4 is 39.2 Å². The Bertz CT molecular complexity index is 1560. The number of fused-ring (bicyclic) bond motifs is 1. The van der Waals surface area contributed by atoms with E-state index in [0.717, 1.165) is 11.1 Å². The lowest BCUT2D eigenvalue weighted by Gasteiger charge is -2.32. The van der Waals surface area contributed by atoms with E-state index in [4.69, 9.17) is 16.3 Å². The van der Waals surface area contributed by atoms with Crippen molar-refractivity contribution in [1.82, 2.24) is 4.31 Å². The molecule has 4 rings (SSSR count). The summed E-state index contributed by atoms with van der Waals surface area (Å²) >= 11 is 6.32. The molecule has 3 atom stereocenters. The lowest BCUT2D eigenvalue weighted by Crippen LogP contribution is -2.50. The average molecular weight is 589 g/mol. The first-order chi connectivity index (χ1) is 18.8. The number of benzene rings is 3. The first-order valence-corrected chi connectivity index (χ1v) is 14.4. The molecule has 0 aromatic heterocycles. The Kier molecular flexibility index (Phi) is 8.65.